The van der Waals surface area contributed by atoms with Gasteiger partial charge in [0.25, 0.3) is 0 Å². The highest BCUT2D eigenvalue weighted by Crippen LogP contribution is 2.18. The second kappa shape index (κ2) is 8.07. The molecular weight excluding hydrogens is 354 g/mol. The van der Waals surface area contributed by atoms with Crippen LogP contribution in [-0.4, -0.2) is 45.3 Å². The van der Waals surface area contributed by atoms with Crippen LogP contribution in [0.1, 0.15) is 51.9 Å². The second-order valence-electron chi connectivity index (χ2n) is 7.62. The van der Waals surface area contributed by atoms with Crippen LogP contribution in [0.2, 0.25) is 0 Å². The SMILES string of the molecule is CC(C)(C)OC(=O)N(C(=O)OC(C)(C)C)C(N)=Nc1cccc(C(=O)O)c1. The lowest BCUT2D eigenvalue weighted by Crippen LogP contribution is -2.49. The fourth-order valence-corrected chi connectivity index (χ4v) is 1.77. The molecule has 0 aliphatic carbocycles. The number of hydrogen-bond donors (Lipinski definition) is 2. The Kier molecular flexibility index (Phi) is 6.56. The number of nitrogens with zero attached hydrogens (tertiary/aromatic N) is 2. The first kappa shape index (κ1) is 21.9. The maximum absolute atomic E-state index is 12.4. The van der Waals surface area contributed by atoms with Gasteiger partial charge in [-0.3, -0.25) is 0 Å². The lowest BCUT2D eigenvalue weighted by atomic mass is 10.2. The van der Waals surface area contributed by atoms with Crippen LogP contribution >= 0.6 is 0 Å². The van der Waals surface area contributed by atoms with Gasteiger partial charge in [-0.05, 0) is 59.7 Å². The van der Waals surface area contributed by atoms with Crippen molar-refractivity contribution in [2.75, 3.05) is 0 Å². The van der Waals surface area contributed by atoms with Gasteiger partial charge in [-0.1, -0.05) is 6.07 Å². The first-order chi connectivity index (χ1) is 12.2. The Balaban J connectivity index is 3.27. The van der Waals surface area contributed by atoms with E-state index >= 15 is 0 Å². The highest BCUT2D eigenvalue weighted by molar-refractivity contribution is 6.08. The summed E-state index contributed by atoms with van der Waals surface area (Å²) in [5.74, 6) is -1.66. The molecule has 1 aromatic carbocycles. The van der Waals surface area contributed by atoms with Crippen LogP contribution in [0.15, 0.2) is 29.3 Å². The third-order valence-electron chi connectivity index (χ3n) is 2.72. The number of nitrogens with two attached hydrogens (primary N) is 1. The van der Waals surface area contributed by atoms with Crippen molar-refractivity contribution in [2.24, 2.45) is 10.7 Å². The van der Waals surface area contributed by atoms with E-state index in [4.69, 9.17) is 20.3 Å². The third-order valence-corrected chi connectivity index (χ3v) is 2.72. The molecule has 0 heterocycles. The lowest BCUT2D eigenvalue weighted by Gasteiger charge is -2.27. The van der Waals surface area contributed by atoms with Crippen molar-refractivity contribution in [1.82, 2.24) is 4.90 Å². The summed E-state index contributed by atoms with van der Waals surface area (Å²) >= 11 is 0. The summed E-state index contributed by atoms with van der Waals surface area (Å²) in [6.07, 6.45) is -2.13. The number of benzene rings is 1. The largest absolute Gasteiger partial charge is 0.478 e. The fourth-order valence-electron chi connectivity index (χ4n) is 1.77. The molecule has 0 aromatic heterocycles. The topological polar surface area (TPSA) is 132 Å². The molecule has 0 spiro atoms. The fraction of sp³-hybridized carbons (Fsp3) is 0.444. The van der Waals surface area contributed by atoms with Crippen molar-refractivity contribution in [1.29, 1.82) is 0 Å². The molecule has 148 valence electrons. The van der Waals surface area contributed by atoms with Crippen LogP contribution in [0.3, 0.4) is 0 Å². The van der Waals surface area contributed by atoms with Crippen molar-refractivity contribution in [3.63, 3.8) is 0 Å². The maximum Gasteiger partial charge on any atom is 0.427 e. The molecule has 0 unspecified atom stereocenters. The molecular formula is C18H25N3O6. The standard InChI is InChI=1S/C18H25N3O6/c1-17(2,3)26-15(24)21(16(25)27-18(4,5)6)14(19)20-12-9-7-8-11(10-12)13(22)23/h7-10H,1-6H3,(H2,19,20)(H,22,23). The Morgan fingerprint density at radius 2 is 1.48 bits per heavy atom. The van der Waals surface area contributed by atoms with Crippen LogP contribution < -0.4 is 5.73 Å². The average Bonchev–Trinajstić information content (AvgIpc) is 2.43. The smallest absolute Gasteiger partial charge is 0.427 e. The number of aliphatic imine (C=N–C) groups is 1. The molecule has 27 heavy (non-hydrogen) atoms. The Labute approximate surface area is 157 Å². The summed E-state index contributed by atoms with van der Waals surface area (Å²) in [5.41, 5.74) is 4.19. The molecule has 9 nitrogen and oxygen atoms in total. The minimum Gasteiger partial charge on any atom is -0.478 e. The van der Waals surface area contributed by atoms with Gasteiger partial charge in [0.05, 0.1) is 11.3 Å². The Morgan fingerprint density at radius 3 is 1.89 bits per heavy atom. The summed E-state index contributed by atoms with van der Waals surface area (Å²) in [7, 11) is 0. The minimum absolute atomic E-state index is 0.0230. The van der Waals surface area contributed by atoms with Crippen LogP contribution in [0.5, 0.6) is 0 Å². The monoisotopic (exact) mass is 379 g/mol. The lowest BCUT2D eigenvalue weighted by molar-refractivity contribution is 0.0145. The summed E-state index contributed by atoms with van der Waals surface area (Å²) in [5, 5.41) is 9.05. The number of imide groups is 1. The zero-order chi connectivity index (χ0) is 21.0. The van der Waals surface area contributed by atoms with Crippen LogP contribution in [-0.2, 0) is 9.47 Å². The first-order valence-corrected chi connectivity index (χ1v) is 8.13. The van der Waals surface area contributed by atoms with Crippen LogP contribution in [0.4, 0.5) is 15.3 Å². The van der Waals surface area contributed by atoms with E-state index < -0.39 is 35.3 Å². The Hall–Kier alpha value is -3.10. The highest BCUT2D eigenvalue weighted by Gasteiger charge is 2.34. The summed E-state index contributed by atoms with van der Waals surface area (Å²) in [6, 6.07) is 5.55. The molecule has 1 aromatic rings. The number of aromatic carboxylic acids is 1. The van der Waals surface area contributed by atoms with Gasteiger partial charge in [-0.15, -0.1) is 4.90 Å². The molecule has 0 fully saturated rings. The van der Waals surface area contributed by atoms with Crippen LogP contribution in [0, 0.1) is 0 Å². The predicted molar refractivity (Wildman–Crippen MR) is 99.0 cm³/mol. The number of carboxylic acid groups (broad SMARTS) is 1. The third kappa shape index (κ3) is 7.35. The number of ether oxygens (including phenoxy) is 2. The maximum atomic E-state index is 12.4. The second-order valence-corrected chi connectivity index (χ2v) is 7.62. The molecule has 0 radical (unpaired) electrons. The van der Waals surface area contributed by atoms with Gasteiger partial charge >= 0.3 is 18.2 Å². The molecule has 0 bridgehead atoms. The number of hydrogen-bond acceptors (Lipinski definition) is 6. The molecule has 3 N–H and O–H groups in total. The van der Waals surface area contributed by atoms with Gasteiger partial charge in [0.15, 0.2) is 0 Å². The molecule has 0 saturated heterocycles. The van der Waals surface area contributed by atoms with Crippen molar-refractivity contribution < 1.29 is 29.0 Å². The Morgan fingerprint density at radius 1 is 1.00 bits per heavy atom. The minimum atomic E-state index is -1.15. The summed E-state index contributed by atoms with van der Waals surface area (Å²) in [4.78, 5) is 40.4. The summed E-state index contributed by atoms with van der Waals surface area (Å²) < 4.78 is 10.4. The van der Waals surface area contributed by atoms with E-state index in [9.17, 15) is 14.4 Å². The summed E-state index contributed by atoms with van der Waals surface area (Å²) in [6.45, 7) is 9.76. The van der Waals surface area contributed by atoms with Gasteiger partial charge in [0.1, 0.15) is 11.2 Å². The van der Waals surface area contributed by atoms with Gasteiger partial charge < -0.3 is 20.3 Å². The van der Waals surface area contributed by atoms with E-state index in [0.717, 1.165) is 0 Å². The number of carboxylic acids is 1. The molecule has 2 amide bonds. The van der Waals surface area contributed by atoms with E-state index in [0.29, 0.717) is 4.90 Å². The molecule has 0 atom stereocenters. The quantitative estimate of drug-likeness (QED) is 0.593. The Bertz CT molecular complexity index is 731. The molecule has 0 aliphatic heterocycles. The van der Waals surface area contributed by atoms with Gasteiger partial charge in [0, 0.05) is 0 Å². The van der Waals surface area contributed by atoms with E-state index in [1.807, 2.05) is 0 Å². The molecule has 0 saturated carbocycles. The average molecular weight is 379 g/mol. The number of rotatable bonds is 2. The van der Waals surface area contributed by atoms with Crippen LogP contribution in [0.25, 0.3) is 0 Å². The van der Waals surface area contributed by atoms with Crippen molar-refractivity contribution in [3.8, 4) is 0 Å². The van der Waals surface area contributed by atoms with Gasteiger partial charge in [-0.25, -0.2) is 19.4 Å². The number of amides is 2. The van der Waals surface area contributed by atoms with Gasteiger partial charge in [-0.2, -0.15) is 0 Å². The molecule has 9 heteroatoms. The number of carbonyl (C=O) groups excluding carboxylic acids is 2. The highest BCUT2D eigenvalue weighted by atomic mass is 16.6. The van der Waals surface area contributed by atoms with Crippen molar-refractivity contribution in [3.05, 3.63) is 29.8 Å². The number of carbonyl (C=O) groups is 3. The molecule has 1 rings (SSSR count). The number of guanidine groups is 1. The normalized spacial score (nSPS) is 12.3. The van der Waals surface area contributed by atoms with E-state index in [1.165, 1.54) is 24.3 Å². The van der Waals surface area contributed by atoms with Gasteiger partial charge in [0.2, 0.25) is 5.96 Å². The van der Waals surface area contributed by atoms with E-state index in [1.54, 1.807) is 41.5 Å². The zero-order valence-electron chi connectivity index (χ0n) is 16.3. The van der Waals surface area contributed by atoms with Crippen molar-refractivity contribution >= 4 is 29.8 Å². The van der Waals surface area contributed by atoms with Crippen molar-refractivity contribution in [2.45, 2.75) is 52.7 Å². The predicted octanol–water partition coefficient (Wildman–Crippen LogP) is 3.50. The zero-order valence-corrected chi connectivity index (χ0v) is 16.3. The molecule has 0 aliphatic rings. The van der Waals surface area contributed by atoms with E-state index in [2.05, 4.69) is 4.99 Å². The first-order valence-electron chi connectivity index (χ1n) is 8.13. The van der Waals surface area contributed by atoms with E-state index in [-0.39, 0.29) is 11.3 Å².